The van der Waals surface area contributed by atoms with Crippen LogP contribution in [0.15, 0.2) is 45.6 Å². The highest BCUT2D eigenvalue weighted by molar-refractivity contribution is 5.06. The first-order valence-electron chi connectivity index (χ1n) is 6.94. The monoisotopic (exact) mass is 260 g/mol. The van der Waals surface area contributed by atoms with Crippen LogP contribution in [0.1, 0.15) is 30.4 Å². The van der Waals surface area contributed by atoms with Crippen molar-refractivity contribution in [2.24, 2.45) is 0 Å². The van der Waals surface area contributed by atoms with Crippen molar-refractivity contribution in [2.75, 3.05) is 19.6 Å². The Kier molecular flexibility index (Phi) is 4.01. The van der Waals surface area contributed by atoms with Gasteiger partial charge in [-0.1, -0.05) is 0 Å². The lowest BCUT2D eigenvalue weighted by Gasteiger charge is -2.25. The van der Waals surface area contributed by atoms with Crippen molar-refractivity contribution in [3.8, 4) is 0 Å². The number of nitrogens with zero attached hydrogens (tertiary/aromatic N) is 1. The minimum Gasteiger partial charge on any atom is -0.468 e. The van der Waals surface area contributed by atoms with E-state index in [-0.39, 0.29) is 0 Å². The molecule has 0 amide bonds. The van der Waals surface area contributed by atoms with Crippen molar-refractivity contribution >= 4 is 0 Å². The highest BCUT2D eigenvalue weighted by Crippen LogP contribution is 2.24. The molecule has 0 saturated carbocycles. The molecular formula is C15H20N2O2. The zero-order valence-electron chi connectivity index (χ0n) is 11.0. The van der Waals surface area contributed by atoms with Crippen LogP contribution in [0.25, 0.3) is 0 Å². The lowest BCUT2D eigenvalue weighted by molar-refractivity contribution is 0.208. The number of nitrogens with one attached hydrogen (secondary N) is 1. The third-order valence-corrected chi connectivity index (χ3v) is 3.67. The molecule has 1 N–H and O–H groups in total. The summed E-state index contributed by atoms with van der Waals surface area (Å²) in [4.78, 5) is 2.49. The Morgan fingerprint density at radius 1 is 1.11 bits per heavy atom. The second-order valence-corrected chi connectivity index (χ2v) is 4.98. The molecule has 1 atom stereocenters. The number of furan rings is 2. The average molecular weight is 260 g/mol. The summed E-state index contributed by atoms with van der Waals surface area (Å²) in [5, 5.41) is 3.46. The lowest BCUT2D eigenvalue weighted by Crippen LogP contribution is -2.33. The minimum absolute atomic E-state index is 0.326. The molecule has 1 aliphatic rings. The molecule has 1 saturated heterocycles. The fraction of sp³-hybridized carbons (Fsp3) is 0.467. The largest absolute Gasteiger partial charge is 0.468 e. The maximum atomic E-state index is 5.59. The highest BCUT2D eigenvalue weighted by atomic mass is 16.3. The third-order valence-electron chi connectivity index (χ3n) is 3.67. The van der Waals surface area contributed by atoms with Gasteiger partial charge >= 0.3 is 0 Å². The normalized spacial score (nSPS) is 17.9. The molecule has 0 radical (unpaired) electrons. The summed E-state index contributed by atoms with van der Waals surface area (Å²) in [6.07, 6.45) is 6.04. The predicted octanol–water partition coefficient (Wildman–Crippen LogP) is 2.80. The van der Waals surface area contributed by atoms with Gasteiger partial charge < -0.3 is 14.2 Å². The van der Waals surface area contributed by atoms with Crippen LogP contribution in [-0.2, 0) is 6.54 Å². The van der Waals surface area contributed by atoms with E-state index in [9.17, 15) is 0 Å². The molecule has 4 heteroatoms. The molecule has 1 fully saturated rings. The summed E-state index contributed by atoms with van der Waals surface area (Å²) in [6, 6.07) is 8.27. The maximum absolute atomic E-state index is 5.59. The SMILES string of the molecule is c1coc(CNC[C@H](c2ccco2)N2CCCC2)c1. The minimum atomic E-state index is 0.326. The molecule has 1 aliphatic heterocycles. The van der Waals surface area contributed by atoms with E-state index >= 15 is 0 Å². The molecule has 0 bridgehead atoms. The first kappa shape index (κ1) is 12.5. The van der Waals surface area contributed by atoms with E-state index in [0.717, 1.165) is 37.7 Å². The van der Waals surface area contributed by atoms with Crippen LogP contribution >= 0.6 is 0 Å². The average Bonchev–Trinajstić information content (AvgIpc) is 3.15. The molecule has 0 aliphatic carbocycles. The number of likely N-dealkylation sites (tertiary alicyclic amines) is 1. The Balaban J connectivity index is 1.59. The fourth-order valence-electron chi connectivity index (χ4n) is 2.69. The standard InChI is InChI=1S/C15H20N2O2/c1-2-8-17(7-1)14(15-6-4-10-19-15)12-16-11-13-5-3-9-18-13/h3-6,9-10,14,16H,1-2,7-8,11-12H2/t14-/m1/s1. The smallest absolute Gasteiger partial charge is 0.122 e. The number of rotatable bonds is 6. The van der Waals surface area contributed by atoms with Gasteiger partial charge in [0.15, 0.2) is 0 Å². The van der Waals surface area contributed by atoms with Crippen LogP contribution in [0.2, 0.25) is 0 Å². The maximum Gasteiger partial charge on any atom is 0.122 e. The van der Waals surface area contributed by atoms with Gasteiger partial charge in [0.1, 0.15) is 11.5 Å². The fourth-order valence-corrected chi connectivity index (χ4v) is 2.69. The van der Waals surface area contributed by atoms with Gasteiger partial charge in [0.25, 0.3) is 0 Å². The Bertz CT molecular complexity index is 458. The van der Waals surface area contributed by atoms with Crippen LogP contribution in [0.4, 0.5) is 0 Å². The van der Waals surface area contributed by atoms with Gasteiger partial charge in [-0.2, -0.15) is 0 Å². The van der Waals surface area contributed by atoms with Crippen LogP contribution in [0.3, 0.4) is 0 Å². The molecular weight excluding hydrogens is 240 g/mol. The molecule has 0 aromatic carbocycles. The van der Waals surface area contributed by atoms with E-state index in [1.165, 1.54) is 12.8 Å². The first-order valence-corrected chi connectivity index (χ1v) is 6.94. The Labute approximate surface area is 113 Å². The van der Waals surface area contributed by atoms with E-state index in [0.29, 0.717) is 6.04 Å². The molecule has 3 heterocycles. The van der Waals surface area contributed by atoms with Gasteiger partial charge in [-0.15, -0.1) is 0 Å². The van der Waals surface area contributed by atoms with E-state index in [4.69, 9.17) is 8.83 Å². The lowest BCUT2D eigenvalue weighted by atomic mass is 10.2. The number of hydrogen-bond acceptors (Lipinski definition) is 4. The summed E-state index contributed by atoms with van der Waals surface area (Å²) in [5.74, 6) is 2.02. The van der Waals surface area contributed by atoms with Gasteiger partial charge in [0.2, 0.25) is 0 Å². The highest BCUT2D eigenvalue weighted by Gasteiger charge is 2.25. The van der Waals surface area contributed by atoms with Gasteiger partial charge in [0, 0.05) is 6.54 Å². The summed E-state index contributed by atoms with van der Waals surface area (Å²) >= 11 is 0. The summed E-state index contributed by atoms with van der Waals surface area (Å²) < 4.78 is 10.9. The zero-order chi connectivity index (χ0) is 12.9. The quantitative estimate of drug-likeness (QED) is 0.867. The first-order chi connectivity index (χ1) is 9.43. The second kappa shape index (κ2) is 6.08. The predicted molar refractivity (Wildman–Crippen MR) is 72.7 cm³/mol. The van der Waals surface area contributed by atoms with Crippen LogP contribution in [-0.4, -0.2) is 24.5 Å². The van der Waals surface area contributed by atoms with Crippen LogP contribution in [0, 0.1) is 0 Å². The van der Waals surface area contributed by atoms with Crippen molar-refractivity contribution in [3.63, 3.8) is 0 Å². The van der Waals surface area contributed by atoms with Crippen LogP contribution in [0.5, 0.6) is 0 Å². The molecule has 2 aromatic heterocycles. The van der Waals surface area contributed by atoms with E-state index in [2.05, 4.69) is 16.3 Å². The van der Waals surface area contributed by atoms with Crippen molar-refractivity contribution in [1.82, 2.24) is 10.2 Å². The van der Waals surface area contributed by atoms with E-state index in [1.807, 2.05) is 18.2 Å². The Hall–Kier alpha value is -1.52. The van der Waals surface area contributed by atoms with Crippen molar-refractivity contribution in [2.45, 2.75) is 25.4 Å². The van der Waals surface area contributed by atoms with Gasteiger partial charge in [-0.25, -0.2) is 0 Å². The van der Waals surface area contributed by atoms with E-state index in [1.54, 1.807) is 12.5 Å². The summed E-state index contributed by atoms with van der Waals surface area (Å²) in [6.45, 7) is 3.97. The van der Waals surface area contributed by atoms with Gasteiger partial charge in [-0.3, -0.25) is 4.90 Å². The van der Waals surface area contributed by atoms with Gasteiger partial charge in [-0.05, 0) is 50.2 Å². The topological polar surface area (TPSA) is 41.6 Å². The number of hydrogen-bond donors (Lipinski definition) is 1. The van der Waals surface area contributed by atoms with Crippen LogP contribution < -0.4 is 5.32 Å². The zero-order valence-corrected chi connectivity index (χ0v) is 11.0. The Morgan fingerprint density at radius 3 is 2.58 bits per heavy atom. The second-order valence-electron chi connectivity index (χ2n) is 4.98. The summed E-state index contributed by atoms with van der Waals surface area (Å²) in [7, 11) is 0. The molecule has 0 unspecified atom stereocenters. The molecule has 3 rings (SSSR count). The van der Waals surface area contributed by atoms with Crippen molar-refractivity contribution in [3.05, 3.63) is 48.3 Å². The van der Waals surface area contributed by atoms with Gasteiger partial charge in [0.05, 0.1) is 25.1 Å². The Morgan fingerprint density at radius 2 is 1.89 bits per heavy atom. The van der Waals surface area contributed by atoms with Crippen molar-refractivity contribution in [1.29, 1.82) is 0 Å². The molecule has 102 valence electrons. The third kappa shape index (κ3) is 3.08. The van der Waals surface area contributed by atoms with E-state index < -0.39 is 0 Å². The molecule has 4 nitrogen and oxygen atoms in total. The molecule has 0 spiro atoms. The summed E-state index contributed by atoms with van der Waals surface area (Å²) in [5.41, 5.74) is 0. The molecule has 19 heavy (non-hydrogen) atoms. The van der Waals surface area contributed by atoms with Crippen molar-refractivity contribution < 1.29 is 8.83 Å². The molecule has 2 aromatic rings.